The van der Waals surface area contributed by atoms with Crippen molar-refractivity contribution in [3.8, 4) is 16.9 Å². The monoisotopic (exact) mass is 447 g/mol. The van der Waals surface area contributed by atoms with E-state index in [0.717, 1.165) is 6.07 Å². The number of ether oxygens (including phenoxy) is 1. The van der Waals surface area contributed by atoms with Gasteiger partial charge in [-0.2, -0.15) is 0 Å². The molecule has 30 heavy (non-hydrogen) atoms. The van der Waals surface area contributed by atoms with Crippen molar-refractivity contribution in [3.05, 3.63) is 87.2 Å². The predicted octanol–water partition coefficient (Wildman–Crippen LogP) is 5.44. The summed E-state index contributed by atoms with van der Waals surface area (Å²) in [5, 5.41) is 12.6. The largest absolute Gasteiger partial charge is 0.496 e. The summed E-state index contributed by atoms with van der Waals surface area (Å²) in [6.07, 6.45) is 0. The van der Waals surface area contributed by atoms with E-state index in [4.69, 9.17) is 33.0 Å². The third-order valence-electron chi connectivity index (χ3n) is 4.37. The number of aromatic carboxylic acids is 1. The van der Waals surface area contributed by atoms with Gasteiger partial charge in [-0.25, -0.2) is 9.18 Å². The molecule has 3 aromatic carbocycles. The summed E-state index contributed by atoms with van der Waals surface area (Å²) in [6, 6.07) is 13.2. The molecule has 0 saturated carbocycles. The first-order chi connectivity index (χ1) is 14.3. The minimum absolute atomic E-state index is 0.107. The van der Waals surface area contributed by atoms with Crippen molar-refractivity contribution < 1.29 is 23.8 Å². The molecule has 0 saturated heterocycles. The smallest absolute Gasteiger partial charge is 0.335 e. The van der Waals surface area contributed by atoms with Crippen molar-refractivity contribution in [1.82, 2.24) is 5.32 Å². The fourth-order valence-electron chi connectivity index (χ4n) is 2.92. The SMILES string of the molecule is COc1ccc(-c2cc(F)cc(C(=O)O)c2)cc1CNC(=O)c1ccc(Cl)cc1Cl. The number of carboxylic acids is 1. The molecule has 0 radical (unpaired) electrons. The molecular formula is C22H16Cl2FNO4. The van der Waals surface area contributed by atoms with E-state index < -0.39 is 17.7 Å². The van der Waals surface area contributed by atoms with Crippen LogP contribution in [0, 0.1) is 5.82 Å². The fourth-order valence-corrected chi connectivity index (χ4v) is 3.41. The lowest BCUT2D eigenvalue weighted by Crippen LogP contribution is -2.23. The molecule has 8 heteroatoms. The second kappa shape index (κ2) is 9.15. The van der Waals surface area contributed by atoms with Gasteiger partial charge in [0.2, 0.25) is 0 Å². The third-order valence-corrected chi connectivity index (χ3v) is 4.92. The minimum Gasteiger partial charge on any atom is -0.496 e. The zero-order valence-corrected chi connectivity index (χ0v) is 17.2. The summed E-state index contributed by atoms with van der Waals surface area (Å²) in [5.41, 5.74) is 1.70. The van der Waals surface area contributed by atoms with Gasteiger partial charge in [0, 0.05) is 17.1 Å². The van der Waals surface area contributed by atoms with E-state index in [1.165, 1.54) is 31.4 Å². The quantitative estimate of drug-likeness (QED) is 0.527. The van der Waals surface area contributed by atoms with Crippen LogP contribution >= 0.6 is 23.2 Å². The van der Waals surface area contributed by atoms with Crippen LogP contribution in [0.15, 0.2) is 54.6 Å². The number of halogens is 3. The molecule has 0 fully saturated rings. The molecule has 1 amide bonds. The van der Waals surface area contributed by atoms with Gasteiger partial charge in [0.1, 0.15) is 11.6 Å². The highest BCUT2D eigenvalue weighted by Gasteiger charge is 2.14. The number of nitrogens with one attached hydrogen (secondary N) is 1. The standard InChI is InChI=1S/C22H16Cl2FNO4/c1-30-20-5-2-12(13-7-14(22(28)29)9-17(25)8-13)6-15(20)11-26-21(27)18-4-3-16(23)10-19(18)24/h2-10H,11H2,1H3,(H,26,27)(H,28,29). The van der Waals surface area contributed by atoms with Crippen LogP contribution in [0.4, 0.5) is 4.39 Å². The predicted molar refractivity (Wildman–Crippen MR) is 113 cm³/mol. The Balaban J connectivity index is 1.88. The zero-order valence-electron chi connectivity index (χ0n) is 15.7. The van der Waals surface area contributed by atoms with Gasteiger partial charge in [0.15, 0.2) is 0 Å². The van der Waals surface area contributed by atoms with Gasteiger partial charge in [0.05, 0.1) is 23.3 Å². The maximum Gasteiger partial charge on any atom is 0.335 e. The number of carbonyl (C=O) groups is 2. The Morgan fingerprint density at radius 3 is 2.47 bits per heavy atom. The molecule has 3 aromatic rings. The van der Waals surface area contributed by atoms with Crippen molar-refractivity contribution in [2.45, 2.75) is 6.54 Å². The van der Waals surface area contributed by atoms with Crippen LogP contribution in [0.5, 0.6) is 5.75 Å². The maximum absolute atomic E-state index is 13.9. The molecule has 0 heterocycles. The Bertz CT molecular complexity index is 1130. The van der Waals surface area contributed by atoms with E-state index in [9.17, 15) is 14.0 Å². The van der Waals surface area contributed by atoms with Crippen LogP contribution in [0.1, 0.15) is 26.3 Å². The van der Waals surface area contributed by atoms with Crippen molar-refractivity contribution in [3.63, 3.8) is 0 Å². The van der Waals surface area contributed by atoms with E-state index in [-0.39, 0.29) is 22.7 Å². The van der Waals surface area contributed by atoms with Crippen LogP contribution in [-0.4, -0.2) is 24.1 Å². The molecule has 2 N–H and O–H groups in total. The number of hydrogen-bond donors (Lipinski definition) is 2. The zero-order chi connectivity index (χ0) is 21.8. The van der Waals surface area contributed by atoms with Crippen LogP contribution in [0.3, 0.4) is 0 Å². The highest BCUT2D eigenvalue weighted by Crippen LogP contribution is 2.28. The number of methoxy groups -OCH3 is 1. The van der Waals surface area contributed by atoms with Crippen molar-refractivity contribution in [2.75, 3.05) is 7.11 Å². The summed E-state index contributed by atoms with van der Waals surface area (Å²) in [6.45, 7) is 0.107. The molecular weight excluding hydrogens is 432 g/mol. The first kappa shape index (κ1) is 21.6. The number of amides is 1. The van der Waals surface area contributed by atoms with E-state index in [2.05, 4.69) is 5.32 Å². The lowest BCUT2D eigenvalue weighted by atomic mass is 10.00. The van der Waals surface area contributed by atoms with Gasteiger partial charge < -0.3 is 15.2 Å². The van der Waals surface area contributed by atoms with Gasteiger partial charge in [0.25, 0.3) is 5.91 Å². The number of benzene rings is 3. The maximum atomic E-state index is 13.9. The number of hydrogen-bond acceptors (Lipinski definition) is 3. The summed E-state index contributed by atoms with van der Waals surface area (Å²) in [4.78, 5) is 23.7. The normalized spacial score (nSPS) is 10.5. The number of rotatable bonds is 6. The van der Waals surface area contributed by atoms with Crippen molar-refractivity contribution in [1.29, 1.82) is 0 Å². The Labute approximate surface area is 182 Å². The van der Waals surface area contributed by atoms with Gasteiger partial charge in [-0.15, -0.1) is 0 Å². The average Bonchev–Trinajstić information content (AvgIpc) is 2.71. The average molecular weight is 448 g/mol. The molecule has 0 aromatic heterocycles. The molecule has 0 atom stereocenters. The highest BCUT2D eigenvalue weighted by atomic mass is 35.5. The summed E-state index contributed by atoms with van der Waals surface area (Å²) < 4.78 is 19.2. The topological polar surface area (TPSA) is 75.6 Å². The molecule has 154 valence electrons. The molecule has 0 aliphatic heterocycles. The fraction of sp³-hybridized carbons (Fsp3) is 0.0909. The molecule has 0 unspecified atom stereocenters. The second-order valence-corrected chi connectivity index (χ2v) is 7.21. The lowest BCUT2D eigenvalue weighted by molar-refractivity contribution is 0.0696. The highest BCUT2D eigenvalue weighted by molar-refractivity contribution is 6.36. The molecule has 0 aliphatic rings. The Morgan fingerprint density at radius 1 is 1.03 bits per heavy atom. The Hall–Kier alpha value is -3.09. The Kier molecular flexibility index (Phi) is 6.59. The van der Waals surface area contributed by atoms with E-state index in [1.807, 2.05) is 0 Å². The Morgan fingerprint density at radius 2 is 1.80 bits per heavy atom. The van der Waals surface area contributed by atoms with E-state index in [0.29, 0.717) is 27.5 Å². The van der Waals surface area contributed by atoms with Gasteiger partial charge in [-0.1, -0.05) is 29.3 Å². The van der Waals surface area contributed by atoms with Gasteiger partial charge in [-0.3, -0.25) is 4.79 Å². The van der Waals surface area contributed by atoms with Gasteiger partial charge >= 0.3 is 5.97 Å². The molecule has 3 rings (SSSR count). The third kappa shape index (κ3) is 4.90. The number of carbonyl (C=O) groups excluding carboxylic acids is 1. The van der Waals surface area contributed by atoms with Crippen LogP contribution in [-0.2, 0) is 6.54 Å². The molecule has 0 bridgehead atoms. The second-order valence-electron chi connectivity index (χ2n) is 6.37. The van der Waals surface area contributed by atoms with Crippen molar-refractivity contribution in [2.24, 2.45) is 0 Å². The first-order valence-electron chi connectivity index (χ1n) is 8.73. The van der Waals surface area contributed by atoms with Crippen LogP contribution < -0.4 is 10.1 Å². The summed E-state index contributed by atoms with van der Waals surface area (Å²) in [7, 11) is 1.49. The van der Waals surface area contributed by atoms with Crippen LogP contribution in [0.2, 0.25) is 10.0 Å². The first-order valence-corrected chi connectivity index (χ1v) is 9.48. The minimum atomic E-state index is -1.23. The van der Waals surface area contributed by atoms with E-state index >= 15 is 0 Å². The summed E-state index contributed by atoms with van der Waals surface area (Å²) in [5.74, 6) is -1.77. The summed E-state index contributed by atoms with van der Waals surface area (Å²) >= 11 is 11.9. The molecule has 5 nitrogen and oxygen atoms in total. The van der Waals surface area contributed by atoms with Gasteiger partial charge in [-0.05, 0) is 59.7 Å². The van der Waals surface area contributed by atoms with Crippen LogP contribution in [0.25, 0.3) is 11.1 Å². The molecule has 0 spiro atoms. The lowest BCUT2D eigenvalue weighted by Gasteiger charge is -2.13. The van der Waals surface area contributed by atoms with E-state index in [1.54, 1.807) is 24.3 Å². The molecule has 0 aliphatic carbocycles. The van der Waals surface area contributed by atoms with Crippen molar-refractivity contribution >= 4 is 35.1 Å². The number of carboxylic acid groups (broad SMARTS) is 1.